The molecule has 2 rings (SSSR count). The zero-order chi connectivity index (χ0) is 17.0. The molecule has 0 radical (unpaired) electrons. The maximum absolute atomic E-state index is 11.5. The van der Waals surface area contributed by atoms with Crippen molar-refractivity contribution in [1.82, 2.24) is 14.8 Å². The van der Waals surface area contributed by atoms with Gasteiger partial charge in [-0.2, -0.15) is 5.10 Å². The molecule has 1 N–H and O–H groups in total. The number of nitrogens with zero attached hydrogens (tertiary/aromatic N) is 4. The summed E-state index contributed by atoms with van der Waals surface area (Å²) >= 11 is 6.10. The molecule has 0 saturated carbocycles. The predicted octanol–water partition coefficient (Wildman–Crippen LogP) is 3.45. The summed E-state index contributed by atoms with van der Waals surface area (Å²) in [5.41, 5.74) is 0.770. The van der Waals surface area contributed by atoms with Crippen LogP contribution in [0.25, 0.3) is 5.69 Å². The van der Waals surface area contributed by atoms with E-state index >= 15 is 0 Å². The van der Waals surface area contributed by atoms with E-state index in [1.54, 1.807) is 30.7 Å². The summed E-state index contributed by atoms with van der Waals surface area (Å²) in [7, 11) is 0. The fourth-order valence-electron chi connectivity index (χ4n) is 1.79. The summed E-state index contributed by atoms with van der Waals surface area (Å²) in [6.45, 7) is 5.89. The van der Waals surface area contributed by atoms with Gasteiger partial charge < -0.3 is 5.11 Å². The van der Waals surface area contributed by atoms with Crippen LogP contribution in [0.1, 0.15) is 20.8 Å². The minimum absolute atomic E-state index is 0.0189. The van der Waals surface area contributed by atoms with Gasteiger partial charge in [0.25, 0.3) is 0 Å². The molecule has 0 aliphatic rings. The van der Waals surface area contributed by atoms with Crippen molar-refractivity contribution in [2.45, 2.75) is 20.8 Å². The fourth-order valence-corrected chi connectivity index (χ4v) is 2.02. The molecule has 0 saturated heterocycles. The number of pyridine rings is 1. The summed E-state index contributed by atoms with van der Waals surface area (Å²) in [5, 5.41) is 13.6. The number of aromatic nitrogens is 3. The lowest BCUT2D eigenvalue weighted by Crippen LogP contribution is -2.29. The molecule has 2 heterocycles. The Morgan fingerprint density at radius 2 is 2.22 bits per heavy atom. The Morgan fingerprint density at radius 1 is 1.48 bits per heavy atom. The number of anilines is 1. The Bertz CT molecular complexity index is 754. The minimum atomic E-state index is -1.14. The van der Waals surface area contributed by atoms with Crippen LogP contribution in [-0.2, 0) is 0 Å². The van der Waals surface area contributed by atoms with Crippen molar-refractivity contribution >= 4 is 23.4 Å². The standard InChI is InChI=1S/C16H17ClN4O2/c1-16(2,3)7-5-9-20(15(22)23)13-11-21(19-14(13)17)12-6-4-8-18-10-12/h4,6,8,10-11H,9H2,1-3H3,(H,22,23). The van der Waals surface area contributed by atoms with Gasteiger partial charge in [-0.1, -0.05) is 23.4 Å². The largest absolute Gasteiger partial charge is 0.465 e. The van der Waals surface area contributed by atoms with Crippen molar-refractivity contribution in [2.24, 2.45) is 5.41 Å². The van der Waals surface area contributed by atoms with Gasteiger partial charge in [-0.15, -0.1) is 0 Å². The van der Waals surface area contributed by atoms with Gasteiger partial charge in [0.15, 0.2) is 5.15 Å². The molecule has 7 heteroatoms. The van der Waals surface area contributed by atoms with Crippen LogP contribution in [0.4, 0.5) is 10.5 Å². The lowest BCUT2D eigenvalue weighted by molar-refractivity contribution is 0.202. The Hall–Kier alpha value is -2.52. The molecule has 0 bridgehead atoms. The third-order valence-electron chi connectivity index (χ3n) is 2.78. The molecule has 0 unspecified atom stereocenters. The Labute approximate surface area is 139 Å². The van der Waals surface area contributed by atoms with Gasteiger partial charge in [0.2, 0.25) is 0 Å². The lowest BCUT2D eigenvalue weighted by atomic mass is 9.98. The van der Waals surface area contributed by atoms with E-state index in [1.165, 1.54) is 4.68 Å². The number of carboxylic acid groups (broad SMARTS) is 1. The SMILES string of the molecule is CC(C)(C)C#CCN(C(=O)O)c1cn(-c2cccnc2)nc1Cl. The molecule has 0 aliphatic heterocycles. The molecular formula is C16H17ClN4O2. The maximum atomic E-state index is 11.5. The molecule has 0 atom stereocenters. The molecule has 0 aliphatic carbocycles. The van der Waals surface area contributed by atoms with E-state index in [-0.39, 0.29) is 22.8 Å². The van der Waals surface area contributed by atoms with Crippen molar-refractivity contribution in [2.75, 3.05) is 11.4 Å². The van der Waals surface area contributed by atoms with Crippen LogP contribution in [0, 0.1) is 17.3 Å². The molecular weight excluding hydrogens is 316 g/mol. The van der Waals surface area contributed by atoms with E-state index < -0.39 is 6.09 Å². The van der Waals surface area contributed by atoms with Gasteiger partial charge in [-0.3, -0.25) is 9.88 Å². The van der Waals surface area contributed by atoms with Gasteiger partial charge in [0, 0.05) is 11.6 Å². The highest BCUT2D eigenvalue weighted by molar-refractivity contribution is 6.32. The number of rotatable bonds is 3. The average molecular weight is 333 g/mol. The molecule has 0 spiro atoms. The van der Waals surface area contributed by atoms with Crippen molar-refractivity contribution in [3.8, 4) is 17.5 Å². The smallest absolute Gasteiger partial charge is 0.412 e. The highest BCUT2D eigenvalue weighted by atomic mass is 35.5. The number of amides is 1. The number of halogens is 1. The number of hydrogen-bond acceptors (Lipinski definition) is 3. The van der Waals surface area contributed by atoms with E-state index in [0.29, 0.717) is 5.69 Å². The molecule has 120 valence electrons. The van der Waals surface area contributed by atoms with Crippen LogP contribution in [0.5, 0.6) is 0 Å². The van der Waals surface area contributed by atoms with E-state index in [1.807, 2.05) is 20.8 Å². The Balaban J connectivity index is 2.31. The van der Waals surface area contributed by atoms with E-state index in [2.05, 4.69) is 21.9 Å². The van der Waals surface area contributed by atoms with E-state index in [4.69, 9.17) is 11.6 Å². The first kappa shape index (κ1) is 16.8. The molecule has 2 aromatic rings. The third kappa shape index (κ3) is 4.47. The van der Waals surface area contributed by atoms with Crippen molar-refractivity contribution < 1.29 is 9.90 Å². The van der Waals surface area contributed by atoms with Gasteiger partial charge in [0.1, 0.15) is 5.69 Å². The van der Waals surface area contributed by atoms with Gasteiger partial charge in [-0.25, -0.2) is 9.48 Å². The average Bonchev–Trinajstić information content (AvgIpc) is 2.85. The van der Waals surface area contributed by atoms with Crippen LogP contribution < -0.4 is 4.90 Å². The van der Waals surface area contributed by atoms with Gasteiger partial charge in [0.05, 0.1) is 24.6 Å². The number of hydrogen-bond donors (Lipinski definition) is 1. The molecule has 2 aromatic heterocycles. The monoisotopic (exact) mass is 332 g/mol. The summed E-state index contributed by atoms with van der Waals surface area (Å²) < 4.78 is 1.48. The zero-order valence-corrected chi connectivity index (χ0v) is 13.9. The van der Waals surface area contributed by atoms with E-state index in [0.717, 1.165) is 4.90 Å². The van der Waals surface area contributed by atoms with Crippen molar-refractivity contribution in [1.29, 1.82) is 0 Å². The second-order valence-corrected chi connectivity index (χ2v) is 6.24. The lowest BCUT2D eigenvalue weighted by Gasteiger charge is -2.15. The maximum Gasteiger partial charge on any atom is 0.412 e. The highest BCUT2D eigenvalue weighted by Gasteiger charge is 2.20. The summed E-state index contributed by atoms with van der Waals surface area (Å²) in [5.74, 6) is 5.87. The Morgan fingerprint density at radius 3 is 2.78 bits per heavy atom. The van der Waals surface area contributed by atoms with E-state index in [9.17, 15) is 9.90 Å². The highest BCUT2D eigenvalue weighted by Crippen LogP contribution is 2.26. The first-order valence-electron chi connectivity index (χ1n) is 6.94. The second-order valence-electron chi connectivity index (χ2n) is 5.88. The fraction of sp³-hybridized carbons (Fsp3) is 0.312. The van der Waals surface area contributed by atoms with Gasteiger partial charge in [-0.05, 0) is 32.9 Å². The quantitative estimate of drug-likeness (QED) is 0.874. The molecule has 23 heavy (non-hydrogen) atoms. The Kier molecular flexibility index (Phi) is 4.92. The van der Waals surface area contributed by atoms with Crippen LogP contribution in [-0.4, -0.2) is 32.5 Å². The van der Waals surface area contributed by atoms with Gasteiger partial charge >= 0.3 is 6.09 Å². The van der Waals surface area contributed by atoms with Crippen LogP contribution in [0.2, 0.25) is 5.15 Å². The first-order valence-corrected chi connectivity index (χ1v) is 7.32. The van der Waals surface area contributed by atoms with Crippen LogP contribution >= 0.6 is 11.6 Å². The molecule has 6 nitrogen and oxygen atoms in total. The zero-order valence-electron chi connectivity index (χ0n) is 13.1. The van der Waals surface area contributed by atoms with Crippen molar-refractivity contribution in [3.63, 3.8) is 0 Å². The molecule has 0 aromatic carbocycles. The van der Waals surface area contributed by atoms with Crippen LogP contribution in [0.3, 0.4) is 0 Å². The number of carbonyl (C=O) groups is 1. The van der Waals surface area contributed by atoms with Crippen LogP contribution in [0.15, 0.2) is 30.7 Å². The topological polar surface area (TPSA) is 71.2 Å². The predicted molar refractivity (Wildman–Crippen MR) is 89.0 cm³/mol. The second kappa shape index (κ2) is 6.71. The third-order valence-corrected chi connectivity index (χ3v) is 3.05. The summed E-state index contributed by atoms with van der Waals surface area (Å²) in [6.07, 6.45) is 3.66. The molecule has 0 fully saturated rings. The van der Waals surface area contributed by atoms with Crippen molar-refractivity contribution in [3.05, 3.63) is 35.9 Å². The minimum Gasteiger partial charge on any atom is -0.465 e. The first-order chi connectivity index (χ1) is 10.8. The normalized spacial score (nSPS) is 10.8. The summed E-state index contributed by atoms with van der Waals surface area (Å²) in [6, 6.07) is 3.55. The summed E-state index contributed by atoms with van der Waals surface area (Å²) in [4.78, 5) is 16.6. The molecule has 1 amide bonds.